The lowest BCUT2D eigenvalue weighted by Crippen LogP contribution is -2.34. The zero-order valence-corrected chi connectivity index (χ0v) is 25.7. The van der Waals surface area contributed by atoms with Gasteiger partial charge in [0.25, 0.3) is 0 Å². The number of carbonyl (C=O) groups is 1. The van der Waals surface area contributed by atoms with Gasteiger partial charge in [0.2, 0.25) is 0 Å². The summed E-state index contributed by atoms with van der Waals surface area (Å²) in [5, 5.41) is 6.79. The second-order valence-electron chi connectivity index (χ2n) is 8.71. The summed E-state index contributed by atoms with van der Waals surface area (Å²) in [5.74, 6) is 0.112. The molecule has 0 bridgehead atoms. The molecule has 0 spiro atoms. The molecule has 0 saturated heterocycles. The second kappa shape index (κ2) is 36.1. The molecule has 250 valence electrons. The summed E-state index contributed by atoms with van der Waals surface area (Å²) in [4.78, 5) is 18.4. The van der Waals surface area contributed by atoms with E-state index in [9.17, 15) is 4.79 Å². The van der Waals surface area contributed by atoms with E-state index in [1.807, 2.05) is 0 Å². The van der Waals surface area contributed by atoms with Crippen molar-refractivity contribution in [3.05, 3.63) is 20.9 Å². The molecular formula is C26H51N7O10. The minimum Gasteiger partial charge on any atom is -0.379 e. The average Bonchev–Trinajstić information content (AvgIpc) is 3.00. The molecule has 0 atom stereocenters. The zero-order valence-electron chi connectivity index (χ0n) is 25.7. The lowest BCUT2D eigenvalue weighted by molar-refractivity contribution is -0.118. The highest BCUT2D eigenvalue weighted by atomic mass is 16.6. The molecule has 0 fully saturated rings. The van der Waals surface area contributed by atoms with Crippen molar-refractivity contribution in [3.8, 4) is 0 Å². The highest BCUT2D eigenvalue weighted by Crippen LogP contribution is 1.93. The number of nitrogens with zero attached hydrogens (tertiary/aromatic N) is 7. The minimum absolute atomic E-state index is 0.112. The molecule has 0 aliphatic carbocycles. The van der Waals surface area contributed by atoms with Gasteiger partial charge >= 0.3 is 0 Å². The lowest BCUT2D eigenvalue weighted by atomic mass is 10.3. The van der Waals surface area contributed by atoms with E-state index >= 15 is 0 Å². The van der Waals surface area contributed by atoms with E-state index in [0.29, 0.717) is 158 Å². The van der Waals surface area contributed by atoms with Gasteiger partial charge < -0.3 is 42.6 Å². The molecule has 0 rings (SSSR count). The molecule has 0 saturated carbocycles. The Labute approximate surface area is 254 Å². The summed E-state index contributed by atoms with van der Waals surface area (Å²) in [6.45, 7) is 12.6. The zero-order chi connectivity index (χ0) is 31.3. The molecular weight excluding hydrogens is 570 g/mol. The Hall–Kier alpha value is -2.11. The standard InChI is InChI=1S/C26H51N7O10/c1-26(34)2-8-35-14-20-41-23-17-38-11-5-33(6-12-39-18-24-42-21-15-36-9-3-29-31-27)7-13-40-19-25-43-22-16-37-10-4-30-32-28/h2-25H2,1H3. The van der Waals surface area contributed by atoms with Crippen LogP contribution in [0.4, 0.5) is 0 Å². The number of rotatable bonds is 36. The SMILES string of the molecule is CC(=O)CCOCCOCCOCCN(CCOCCOCCOCCN=[N+]=[N-])CCOCCOCCOCCN=[N+]=[N-]. The van der Waals surface area contributed by atoms with Crippen LogP contribution in [0.3, 0.4) is 0 Å². The third-order valence-corrected chi connectivity index (χ3v) is 5.28. The third-order valence-electron chi connectivity index (χ3n) is 5.28. The topological polar surface area (TPSA) is 201 Å². The van der Waals surface area contributed by atoms with Crippen LogP contribution in [0.5, 0.6) is 0 Å². The molecule has 0 aliphatic rings. The molecule has 43 heavy (non-hydrogen) atoms. The van der Waals surface area contributed by atoms with Gasteiger partial charge in [-0.1, -0.05) is 10.2 Å². The first kappa shape index (κ1) is 40.9. The van der Waals surface area contributed by atoms with Crippen LogP contribution >= 0.6 is 0 Å². The Kier molecular flexibility index (Phi) is 34.3. The largest absolute Gasteiger partial charge is 0.379 e. The summed E-state index contributed by atoms with van der Waals surface area (Å²) in [6.07, 6.45) is 0.423. The maximum atomic E-state index is 10.9. The van der Waals surface area contributed by atoms with Crippen molar-refractivity contribution in [3.63, 3.8) is 0 Å². The van der Waals surface area contributed by atoms with Crippen molar-refractivity contribution < 1.29 is 47.4 Å². The first-order valence-corrected chi connectivity index (χ1v) is 14.6. The summed E-state index contributed by atoms with van der Waals surface area (Å²) in [7, 11) is 0. The Bertz CT molecular complexity index is 641. The van der Waals surface area contributed by atoms with Gasteiger partial charge in [-0.3, -0.25) is 9.69 Å². The molecule has 0 radical (unpaired) electrons. The molecule has 0 aromatic rings. The molecule has 0 N–H and O–H groups in total. The van der Waals surface area contributed by atoms with Crippen LogP contribution < -0.4 is 0 Å². The number of hydrogen-bond donors (Lipinski definition) is 0. The van der Waals surface area contributed by atoms with Crippen molar-refractivity contribution in [2.24, 2.45) is 10.2 Å². The monoisotopic (exact) mass is 621 g/mol. The summed E-state index contributed by atoms with van der Waals surface area (Å²) in [5.41, 5.74) is 16.4. The molecule has 0 heterocycles. The lowest BCUT2D eigenvalue weighted by Gasteiger charge is -2.22. The van der Waals surface area contributed by atoms with Crippen LogP contribution in [-0.2, 0) is 47.4 Å². The number of ketones is 1. The quantitative estimate of drug-likeness (QED) is 0.0429. The van der Waals surface area contributed by atoms with E-state index < -0.39 is 0 Å². The minimum atomic E-state index is 0.112. The highest BCUT2D eigenvalue weighted by molar-refractivity contribution is 5.75. The van der Waals surface area contributed by atoms with Crippen molar-refractivity contribution in [1.29, 1.82) is 0 Å². The number of carbonyl (C=O) groups excluding carboxylic acids is 1. The van der Waals surface area contributed by atoms with Gasteiger partial charge in [0.15, 0.2) is 0 Å². The first-order valence-electron chi connectivity index (χ1n) is 14.6. The maximum Gasteiger partial charge on any atom is 0.132 e. The Morgan fingerprint density at radius 2 is 0.767 bits per heavy atom. The molecule has 17 nitrogen and oxygen atoms in total. The summed E-state index contributed by atoms with van der Waals surface area (Å²) < 4.78 is 49.4. The van der Waals surface area contributed by atoms with E-state index in [2.05, 4.69) is 25.0 Å². The Morgan fingerprint density at radius 1 is 0.488 bits per heavy atom. The molecule has 0 unspecified atom stereocenters. The smallest absolute Gasteiger partial charge is 0.132 e. The summed E-state index contributed by atoms with van der Waals surface area (Å²) >= 11 is 0. The highest BCUT2D eigenvalue weighted by Gasteiger charge is 2.06. The fraction of sp³-hybridized carbons (Fsp3) is 0.962. The number of azide groups is 2. The predicted molar refractivity (Wildman–Crippen MR) is 157 cm³/mol. The average molecular weight is 622 g/mol. The van der Waals surface area contributed by atoms with E-state index in [0.717, 1.165) is 0 Å². The van der Waals surface area contributed by atoms with Crippen LogP contribution in [0.1, 0.15) is 13.3 Å². The molecule has 0 amide bonds. The van der Waals surface area contributed by atoms with Crippen LogP contribution in [0.15, 0.2) is 10.2 Å². The molecule has 0 aliphatic heterocycles. The molecule has 0 aromatic carbocycles. The van der Waals surface area contributed by atoms with Gasteiger partial charge in [-0.05, 0) is 18.0 Å². The molecule has 0 aromatic heterocycles. The second-order valence-corrected chi connectivity index (χ2v) is 8.71. The van der Waals surface area contributed by atoms with Gasteiger partial charge in [0.05, 0.1) is 119 Å². The Morgan fingerprint density at radius 3 is 1.07 bits per heavy atom. The van der Waals surface area contributed by atoms with Crippen LogP contribution in [0, 0.1) is 0 Å². The number of hydrogen-bond acceptors (Lipinski definition) is 13. The maximum absolute atomic E-state index is 10.9. The van der Waals surface area contributed by atoms with Gasteiger partial charge in [0, 0.05) is 49.0 Å². The van der Waals surface area contributed by atoms with Crippen molar-refractivity contribution >= 4 is 5.78 Å². The van der Waals surface area contributed by atoms with Crippen molar-refractivity contribution in [1.82, 2.24) is 4.90 Å². The van der Waals surface area contributed by atoms with Gasteiger partial charge in [-0.15, -0.1) is 0 Å². The molecule has 17 heteroatoms. The Balaban J connectivity index is 3.95. The van der Waals surface area contributed by atoms with Crippen LogP contribution in [0.25, 0.3) is 20.9 Å². The van der Waals surface area contributed by atoms with Crippen molar-refractivity contribution in [2.75, 3.05) is 152 Å². The fourth-order valence-corrected chi connectivity index (χ4v) is 3.06. The van der Waals surface area contributed by atoms with Crippen LogP contribution in [-0.4, -0.2) is 162 Å². The van der Waals surface area contributed by atoms with Crippen LogP contribution in [0.2, 0.25) is 0 Å². The fourth-order valence-electron chi connectivity index (χ4n) is 3.06. The van der Waals surface area contributed by atoms with Gasteiger partial charge in [0.1, 0.15) is 5.78 Å². The van der Waals surface area contributed by atoms with Gasteiger partial charge in [-0.25, -0.2) is 0 Å². The predicted octanol–water partition coefficient (Wildman–Crippen LogP) is 2.04. The van der Waals surface area contributed by atoms with Gasteiger partial charge in [-0.2, -0.15) is 0 Å². The van der Waals surface area contributed by atoms with E-state index in [-0.39, 0.29) is 5.78 Å². The number of Topliss-reactive ketones (excluding diaryl/α,β-unsaturated/α-hetero) is 1. The summed E-state index contributed by atoms with van der Waals surface area (Å²) in [6, 6.07) is 0. The van der Waals surface area contributed by atoms with Crippen molar-refractivity contribution in [2.45, 2.75) is 13.3 Å². The van der Waals surface area contributed by atoms with E-state index in [4.69, 9.17) is 53.7 Å². The third kappa shape index (κ3) is 36.0. The van der Waals surface area contributed by atoms with E-state index in [1.54, 1.807) is 6.92 Å². The van der Waals surface area contributed by atoms with E-state index in [1.165, 1.54) is 0 Å². The number of ether oxygens (including phenoxy) is 9. The normalized spacial score (nSPS) is 11.0. The first-order chi connectivity index (χ1) is 21.2.